The minimum atomic E-state index is -3.48. The Balaban J connectivity index is 2.21. The molecule has 19 heavy (non-hydrogen) atoms. The number of hydrogen-bond donors (Lipinski definition) is 1. The first-order valence-corrected chi connectivity index (χ1v) is 7.84. The molecule has 1 aromatic carbocycles. The third-order valence-electron chi connectivity index (χ3n) is 3.51. The summed E-state index contributed by atoms with van der Waals surface area (Å²) in [6, 6.07) is 6.17. The van der Waals surface area contributed by atoms with Crippen molar-refractivity contribution < 1.29 is 13.5 Å². The summed E-state index contributed by atoms with van der Waals surface area (Å²) >= 11 is 0. The van der Waals surface area contributed by atoms with Crippen LogP contribution in [-0.4, -0.2) is 38.0 Å². The first kappa shape index (κ1) is 14.1. The first-order chi connectivity index (χ1) is 8.91. The van der Waals surface area contributed by atoms with E-state index in [1.807, 2.05) is 0 Å². The standard InChI is InChI=1S/C13H20N2O3S/c1-11-4-3-9-15(10-11)19(17,18)14(2)12-5-7-13(16)8-6-12/h5-8,11,16H,3-4,9-10H2,1-2H3. The predicted molar refractivity (Wildman–Crippen MR) is 75.4 cm³/mol. The second-order valence-electron chi connectivity index (χ2n) is 5.10. The number of anilines is 1. The van der Waals surface area contributed by atoms with Crippen molar-refractivity contribution in [3.8, 4) is 5.75 Å². The Hall–Kier alpha value is -1.27. The molecule has 1 aliphatic heterocycles. The summed E-state index contributed by atoms with van der Waals surface area (Å²) in [5.41, 5.74) is 0.552. The average molecular weight is 284 g/mol. The fraction of sp³-hybridized carbons (Fsp3) is 0.538. The van der Waals surface area contributed by atoms with Gasteiger partial charge < -0.3 is 5.11 Å². The highest BCUT2D eigenvalue weighted by Gasteiger charge is 2.30. The van der Waals surface area contributed by atoms with E-state index in [2.05, 4.69) is 6.92 Å². The molecule has 0 aliphatic carbocycles. The molecule has 0 bridgehead atoms. The van der Waals surface area contributed by atoms with E-state index in [0.29, 0.717) is 24.7 Å². The lowest BCUT2D eigenvalue weighted by molar-refractivity contribution is 0.281. The molecule has 0 amide bonds. The quantitative estimate of drug-likeness (QED) is 0.920. The molecular formula is C13H20N2O3S. The van der Waals surface area contributed by atoms with Gasteiger partial charge in [-0.25, -0.2) is 0 Å². The van der Waals surface area contributed by atoms with Crippen molar-refractivity contribution >= 4 is 15.9 Å². The Morgan fingerprint density at radius 2 is 1.95 bits per heavy atom. The average Bonchev–Trinajstić information content (AvgIpc) is 2.39. The van der Waals surface area contributed by atoms with Crippen LogP contribution in [0.25, 0.3) is 0 Å². The Morgan fingerprint density at radius 1 is 1.32 bits per heavy atom. The molecule has 2 rings (SSSR count). The fourth-order valence-electron chi connectivity index (χ4n) is 2.32. The van der Waals surface area contributed by atoms with E-state index >= 15 is 0 Å². The van der Waals surface area contributed by atoms with Crippen LogP contribution in [0.3, 0.4) is 0 Å². The SMILES string of the molecule is CC1CCCN(S(=O)(=O)N(C)c2ccc(O)cc2)C1. The van der Waals surface area contributed by atoms with Crippen LogP contribution in [-0.2, 0) is 10.2 Å². The summed E-state index contributed by atoms with van der Waals surface area (Å²) in [6.45, 7) is 3.22. The summed E-state index contributed by atoms with van der Waals surface area (Å²) in [4.78, 5) is 0. The van der Waals surface area contributed by atoms with Crippen molar-refractivity contribution in [2.24, 2.45) is 5.92 Å². The summed E-state index contributed by atoms with van der Waals surface area (Å²) in [7, 11) is -1.93. The van der Waals surface area contributed by atoms with Crippen molar-refractivity contribution in [2.45, 2.75) is 19.8 Å². The minimum Gasteiger partial charge on any atom is -0.508 e. The number of hydrogen-bond acceptors (Lipinski definition) is 3. The highest BCUT2D eigenvalue weighted by Crippen LogP contribution is 2.24. The monoisotopic (exact) mass is 284 g/mol. The number of benzene rings is 1. The molecule has 0 saturated carbocycles. The van der Waals surface area contributed by atoms with Gasteiger partial charge in [0, 0.05) is 20.1 Å². The van der Waals surface area contributed by atoms with Crippen molar-refractivity contribution in [3.63, 3.8) is 0 Å². The Labute approximate surface area is 114 Å². The van der Waals surface area contributed by atoms with Crippen LogP contribution in [0.2, 0.25) is 0 Å². The lowest BCUT2D eigenvalue weighted by atomic mass is 10.0. The zero-order valence-electron chi connectivity index (χ0n) is 11.3. The second kappa shape index (κ2) is 5.38. The van der Waals surface area contributed by atoms with Crippen LogP contribution >= 0.6 is 0 Å². The second-order valence-corrected chi connectivity index (χ2v) is 7.06. The summed E-state index contributed by atoms with van der Waals surface area (Å²) < 4.78 is 27.8. The van der Waals surface area contributed by atoms with Gasteiger partial charge in [0.2, 0.25) is 0 Å². The molecule has 5 nitrogen and oxygen atoms in total. The van der Waals surface area contributed by atoms with Gasteiger partial charge >= 0.3 is 10.2 Å². The minimum absolute atomic E-state index is 0.126. The van der Waals surface area contributed by atoms with Crippen LogP contribution in [0.5, 0.6) is 5.75 Å². The number of rotatable bonds is 3. The maximum atomic E-state index is 12.5. The van der Waals surface area contributed by atoms with Gasteiger partial charge in [0.1, 0.15) is 5.75 Å². The summed E-state index contributed by atoms with van der Waals surface area (Å²) in [6.07, 6.45) is 1.98. The van der Waals surface area contributed by atoms with Gasteiger partial charge in [0.15, 0.2) is 0 Å². The Bertz CT molecular complexity index is 527. The van der Waals surface area contributed by atoms with Crippen LogP contribution < -0.4 is 4.31 Å². The third-order valence-corrected chi connectivity index (χ3v) is 5.39. The van der Waals surface area contributed by atoms with Crippen molar-refractivity contribution in [1.29, 1.82) is 0 Å². The molecule has 6 heteroatoms. The fourth-order valence-corrected chi connectivity index (χ4v) is 3.86. The zero-order chi connectivity index (χ0) is 14.0. The van der Waals surface area contributed by atoms with Crippen molar-refractivity contribution in [2.75, 3.05) is 24.4 Å². The lowest BCUT2D eigenvalue weighted by Gasteiger charge is -2.33. The van der Waals surface area contributed by atoms with Crippen molar-refractivity contribution in [3.05, 3.63) is 24.3 Å². The van der Waals surface area contributed by atoms with Gasteiger partial charge in [-0.1, -0.05) is 6.92 Å². The van der Waals surface area contributed by atoms with Gasteiger partial charge in [-0.05, 0) is 43.0 Å². The highest BCUT2D eigenvalue weighted by molar-refractivity contribution is 7.90. The van der Waals surface area contributed by atoms with E-state index in [4.69, 9.17) is 0 Å². The van der Waals surface area contributed by atoms with E-state index in [1.165, 1.54) is 20.7 Å². The molecule has 0 radical (unpaired) electrons. The molecule has 1 aliphatic rings. The molecule has 0 aromatic heterocycles. The Kier molecular flexibility index (Phi) is 4.01. The molecule has 1 aromatic rings. The third kappa shape index (κ3) is 3.01. The maximum absolute atomic E-state index is 12.5. The maximum Gasteiger partial charge on any atom is 0.303 e. The number of nitrogens with zero attached hydrogens (tertiary/aromatic N) is 2. The van der Waals surface area contributed by atoms with Gasteiger partial charge in [-0.2, -0.15) is 12.7 Å². The predicted octanol–water partition coefficient (Wildman–Crippen LogP) is 1.81. The van der Waals surface area contributed by atoms with Gasteiger partial charge in [-0.3, -0.25) is 4.31 Å². The van der Waals surface area contributed by atoms with E-state index in [0.717, 1.165) is 12.8 Å². The normalized spacial score (nSPS) is 21.3. The zero-order valence-corrected chi connectivity index (χ0v) is 12.1. The summed E-state index contributed by atoms with van der Waals surface area (Å²) in [5, 5.41) is 9.25. The van der Waals surface area contributed by atoms with Gasteiger partial charge in [-0.15, -0.1) is 0 Å². The number of phenolic OH excluding ortho intramolecular Hbond substituents is 1. The van der Waals surface area contributed by atoms with Crippen LogP contribution in [0, 0.1) is 5.92 Å². The molecule has 1 fully saturated rings. The van der Waals surface area contributed by atoms with Crippen LogP contribution in [0.15, 0.2) is 24.3 Å². The molecule has 1 saturated heterocycles. The van der Waals surface area contributed by atoms with E-state index in [9.17, 15) is 13.5 Å². The van der Waals surface area contributed by atoms with Crippen LogP contribution in [0.4, 0.5) is 5.69 Å². The Morgan fingerprint density at radius 3 is 2.53 bits per heavy atom. The highest BCUT2D eigenvalue weighted by atomic mass is 32.2. The molecule has 0 spiro atoms. The lowest BCUT2D eigenvalue weighted by Crippen LogP contribution is -2.46. The number of piperidine rings is 1. The first-order valence-electron chi connectivity index (χ1n) is 6.44. The summed E-state index contributed by atoms with van der Waals surface area (Å²) in [5.74, 6) is 0.526. The van der Waals surface area contributed by atoms with Crippen molar-refractivity contribution in [1.82, 2.24) is 4.31 Å². The van der Waals surface area contributed by atoms with E-state index in [1.54, 1.807) is 19.2 Å². The largest absolute Gasteiger partial charge is 0.508 e. The molecule has 1 N–H and O–H groups in total. The van der Waals surface area contributed by atoms with Crippen LogP contribution in [0.1, 0.15) is 19.8 Å². The number of phenols is 1. The van der Waals surface area contributed by atoms with E-state index < -0.39 is 10.2 Å². The smallest absolute Gasteiger partial charge is 0.303 e. The van der Waals surface area contributed by atoms with E-state index in [-0.39, 0.29) is 5.75 Å². The topological polar surface area (TPSA) is 60.9 Å². The molecule has 106 valence electrons. The molecule has 1 unspecified atom stereocenters. The number of aromatic hydroxyl groups is 1. The van der Waals surface area contributed by atoms with Gasteiger partial charge in [0.05, 0.1) is 5.69 Å². The molecule has 1 heterocycles. The molecule has 1 atom stereocenters. The van der Waals surface area contributed by atoms with Gasteiger partial charge in [0.25, 0.3) is 0 Å². The molecular weight excluding hydrogens is 264 g/mol.